The molecular formula is C15H18N4O2. The molecule has 1 aromatic carbocycles. The monoisotopic (exact) mass is 286 g/mol. The summed E-state index contributed by atoms with van der Waals surface area (Å²) in [6, 6.07) is 9.00. The van der Waals surface area contributed by atoms with E-state index in [4.69, 9.17) is 5.73 Å². The lowest BCUT2D eigenvalue weighted by molar-refractivity contribution is 0.0930. The molecule has 4 N–H and O–H groups in total. The highest BCUT2D eigenvalue weighted by Gasteiger charge is 2.42. The molecule has 0 radical (unpaired) electrons. The smallest absolute Gasteiger partial charge is 0.271 e. The largest absolute Gasteiger partial charge is 0.397 e. The Bertz CT molecular complexity index is 661. The molecule has 21 heavy (non-hydrogen) atoms. The molecule has 1 amide bonds. The molecule has 0 aliphatic heterocycles. The molecule has 1 fully saturated rings. The molecular weight excluding hydrogens is 268 g/mol. The first kappa shape index (κ1) is 13.6. The van der Waals surface area contributed by atoms with E-state index in [1.54, 1.807) is 23.0 Å². The van der Waals surface area contributed by atoms with Gasteiger partial charge in [-0.3, -0.25) is 4.79 Å². The van der Waals surface area contributed by atoms with E-state index in [-0.39, 0.29) is 17.9 Å². The third kappa shape index (κ3) is 2.75. The average Bonchev–Trinajstić information content (AvgIpc) is 3.12. The number of carbonyl (C=O) groups excluding carboxylic acids is 1. The minimum atomic E-state index is -0.233. The van der Waals surface area contributed by atoms with Gasteiger partial charge in [-0.25, -0.2) is 4.68 Å². The molecule has 0 spiro atoms. The topological polar surface area (TPSA) is 93.2 Å². The normalized spacial score (nSPS) is 15.7. The van der Waals surface area contributed by atoms with Gasteiger partial charge in [0.25, 0.3) is 5.91 Å². The van der Waals surface area contributed by atoms with E-state index in [1.807, 2.05) is 18.2 Å². The van der Waals surface area contributed by atoms with Crippen LogP contribution in [0.4, 0.5) is 5.69 Å². The van der Waals surface area contributed by atoms with Crippen molar-refractivity contribution in [1.29, 1.82) is 0 Å². The van der Waals surface area contributed by atoms with Gasteiger partial charge < -0.3 is 16.2 Å². The summed E-state index contributed by atoms with van der Waals surface area (Å²) in [4.78, 5) is 12.1. The molecule has 1 saturated carbocycles. The highest BCUT2D eigenvalue weighted by molar-refractivity contribution is 5.92. The molecule has 1 heterocycles. The zero-order valence-electron chi connectivity index (χ0n) is 11.6. The lowest BCUT2D eigenvalue weighted by atomic mass is 10.1. The number of rotatable bonds is 5. The van der Waals surface area contributed by atoms with Crippen LogP contribution in [0.15, 0.2) is 36.5 Å². The van der Waals surface area contributed by atoms with Gasteiger partial charge in [-0.15, -0.1) is 0 Å². The van der Waals surface area contributed by atoms with Crippen LogP contribution in [0, 0.1) is 5.41 Å². The molecule has 0 unspecified atom stereocenters. The minimum Gasteiger partial charge on any atom is -0.397 e. The number of benzene rings is 1. The van der Waals surface area contributed by atoms with Gasteiger partial charge >= 0.3 is 0 Å². The maximum Gasteiger partial charge on any atom is 0.271 e. The quantitative estimate of drug-likeness (QED) is 0.714. The highest BCUT2D eigenvalue weighted by Crippen LogP contribution is 2.44. The maximum absolute atomic E-state index is 12.1. The second-order valence-corrected chi connectivity index (χ2v) is 5.55. The number of aromatic nitrogens is 2. The number of nitrogens with zero attached hydrogens (tertiary/aromatic N) is 2. The predicted octanol–water partition coefficient (Wildman–Crippen LogP) is 0.957. The fraction of sp³-hybridized carbons (Fsp3) is 0.333. The fourth-order valence-corrected chi connectivity index (χ4v) is 2.20. The van der Waals surface area contributed by atoms with Crippen LogP contribution in [0.25, 0.3) is 5.69 Å². The molecule has 0 bridgehead atoms. The first-order chi connectivity index (χ1) is 10.1. The van der Waals surface area contributed by atoms with Crippen LogP contribution in [-0.2, 0) is 0 Å². The molecule has 0 atom stereocenters. The van der Waals surface area contributed by atoms with Gasteiger partial charge in [0.05, 0.1) is 18.0 Å². The Kier molecular flexibility index (Phi) is 3.39. The van der Waals surface area contributed by atoms with Crippen molar-refractivity contribution >= 4 is 11.6 Å². The SMILES string of the molecule is Nc1ccccc1-n1ccc(C(=O)NCC2(CO)CC2)n1. The molecule has 6 nitrogen and oxygen atoms in total. The number of anilines is 1. The van der Waals surface area contributed by atoms with Crippen LogP contribution >= 0.6 is 0 Å². The number of nitrogens with one attached hydrogen (secondary N) is 1. The second kappa shape index (κ2) is 5.21. The van der Waals surface area contributed by atoms with Gasteiger partial charge in [0.15, 0.2) is 5.69 Å². The summed E-state index contributed by atoms with van der Waals surface area (Å²) in [6.45, 7) is 0.602. The summed E-state index contributed by atoms with van der Waals surface area (Å²) in [5, 5.41) is 16.3. The Morgan fingerprint density at radius 3 is 2.81 bits per heavy atom. The fourth-order valence-electron chi connectivity index (χ4n) is 2.20. The molecule has 0 saturated heterocycles. The number of hydrogen-bond donors (Lipinski definition) is 3. The van der Waals surface area contributed by atoms with Crippen molar-refractivity contribution < 1.29 is 9.90 Å². The van der Waals surface area contributed by atoms with Crippen molar-refractivity contribution in [3.63, 3.8) is 0 Å². The summed E-state index contributed by atoms with van der Waals surface area (Å²) in [5.41, 5.74) is 7.46. The van der Waals surface area contributed by atoms with Gasteiger partial charge in [-0.1, -0.05) is 12.1 Å². The van der Waals surface area contributed by atoms with Crippen molar-refractivity contribution in [2.45, 2.75) is 12.8 Å². The molecule has 3 rings (SSSR count). The maximum atomic E-state index is 12.1. The third-order valence-electron chi connectivity index (χ3n) is 3.92. The highest BCUT2D eigenvalue weighted by atomic mass is 16.3. The number of amides is 1. The Morgan fingerprint density at radius 2 is 2.14 bits per heavy atom. The summed E-state index contributed by atoms with van der Waals surface area (Å²) < 4.78 is 1.59. The van der Waals surface area contributed by atoms with E-state index >= 15 is 0 Å². The van der Waals surface area contributed by atoms with E-state index in [2.05, 4.69) is 10.4 Å². The number of nitrogen functional groups attached to an aromatic ring is 1. The first-order valence-corrected chi connectivity index (χ1v) is 6.93. The van der Waals surface area contributed by atoms with Gasteiger partial charge in [0.2, 0.25) is 0 Å². The minimum absolute atomic E-state index is 0.109. The van der Waals surface area contributed by atoms with Crippen LogP contribution in [0.3, 0.4) is 0 Å². The van der Waals surface area contributed by atoms with Gasteiger partial charge in [-0.05, 0) is 31.0 Å². The Labute approximate surface area is 122 Å². The standard InChI is InChI=1S/C15H18N4O2/c16-11-3-1-2-4-13(11)19-8-5-12(18-19)14(21)17-9-15(10-20)6-7-15/h1-5,8,20H,6-7,9-10,16H2,(H,17,21). The van der Waals surface area contributed by atoms with E-state index < -0.39 is 0 Å². The van der Waals surface area contributed by atoms with Gasteiger partial charge in [0.1, 0.15) is 0 Å². The van der Waals surface area contributed by atoms with E-state index in [1.165, 1.54) is 0 Å². The average molecular weight is 286 g/mol. The Balaban J connectivity index is 1.70. The zero-order valence-corrected chi connectivity index (χ0v) is 11.6. The van der Waals surface area contributed by atoms with Crippen LogP contribution in [0.2, 0.25) is 0 Å². The van der Waals surface area contributed by atoms with E-state index in [0.29, 0.717) is 17.9 Å². The van der Waals surface area contributed by atoms with Gasteiger partial charge in [0, 0.05) is 18.2 Å². The van der Waals surface area contributed by atoms with Crippen LogP contribution < -0.4 is 11.1 Å². The molecule has 1 aliphatic rings. The summed E-state index contributed by atoms with van der Waals surface area (Å²) in [7, 11) is 0. The van der Waals surface area contributed by atoms with Gasteiger partial charge in [-0.2, -0.15) is 5.10 Å². The molecule has 110 valence electrons. The molecule has 2 aromatic rings. The number of para-hydroxylation sites is 2. The second-order valence-electron chi connectivity index (χ2n) is 5.55. The molecule has 1 aliphatic carbocycles. The number of carbonyl (C=O) groups is 1. The van der Waals surface area contributed by atoms with E-state index in [0.717, 1.165) is 18.5 Å². The van der Waals surface area contributed by atoms with Crippen molar-refractivity contribution in [3.05, 3.63) is 42.2 Å². The summed E-state index contributed by atoms with van der Waals surface area (Å²) in [5.74, 6) is -0.233. The van der Waals surface area contributed by atoms with E-state index in [9.17, 15) is 9.90 Å². The Hall–Kier alpha value is -2.34. The van der Waals surface area contributed by atoms with Crippen LogP contribution in [0.5, 0.6) is 0 Å². The number of nitrogens with two attached hydrogens (primary N) is 1. The predicted molar refractivity (Wildman–Crippen MR) is 79.1 cm³/mol. The molecule has 1 aromatic heterocycles. The van der Waals surface area contributed by atoms with Crippen LogP contribution in [0.1, 0.15) is 23.3 Å². The molecule has 6 heteroatoms. The van der Waals surface area contributed by atoms with Crippen molar-refractivity contribution in [2.24, 2.45) is 5.41 Å². The van der Waals surface area contributed by atoms with Crippen molar-refractivity contribution in [3.8, 4) is 5.69 Å². The number of hydrogen-bond acceptors (Lipinski definition) is 4. The third-order valence-corrected chi connectivity index (χ3v) is 3.92. The number of aliphatic hydroxyl groups excluding tert-OH is 1. The lowest BCUT2D eigenvalue weighted by Gasteiger charge is -2.11. The zero-order chi connectivity index (χ0) is 14.9. The number of aliphatic hydroxyl groups is 1. The first-order valence-electron chi connectivity index (χ1n) is 6.93. The summed E-state index contributed by atoms with van der Waals surface area (Å²) in [6.07, 6.45) is 3.62. The lowest BCUT2D eigenvalue weighted by Crippen LogP contribution is -2.32. The van der Waals surface area contributed by atoms with Crippen molar-refractivity contribution in [2.75, 3.05) is 18.9 Å². The van der Waals surface area contributed by atoms with Crippen molar-refractivity contribution in [1.82, 2.24) is 15.1 Å². The Morgan fingerprint density at radius 1 is 1.38 bits per heavy atom. The summed E-state index contributed by atoms with van der Waals surface area (Å²) >= 11 is 0. The van der Waals surface area contributed by atoms with Crippen LogP contribution in [-0.4, -0.2) is 33.9 Å².